The Morgan fingerprint density at radius 1 is 1.07 bits per heavy atom. The van der Waals surface area contributed by atoms with Crippen molar-refractivity contribution in [1.82, 2.24) is 10.2 Å². The van der Waals surface area contributed by atoms with Gasteiger partial charge in [0.1, 0.15) is 17.5 Å². The second-order valence-corrected chi connectivity index (χ2v) is 6.82. The van der Waals surface area contributed by atoms with Crippen molar-refractivity contribution in [2.75, 3.05) is 20.8 Å². The predicted octanol–water partition coefficient (Wildman–Crippen LogP) is 3.00. The molecule has 144 valence electrons. The number of carbonyl (C=O) groups excluding carboxylic acids is 2. The third-order valence-electron chi connectivity index (χ3n) is 4.10. The molecule has 0 fully saturated rings. The number of nitrogens with one attached hydrogen (secondary N) is 1. The van der Waals surface area contributed by atoms with E-state index in [2.05, 4.69) is 21.2 Å². The Bertz CT molecular complexity index is 763. The Labute approximate surface area is 167 Å². The zero-order valence-electron chi connectivity index (χ0n) is 15.6. The first-order chi connectivity index (χ1) is 12.9. The lowest BCUT2D eigenvalue weighted by Gasteiger charge is -2.28. The molecule has 0 heterocycles. The van der Waals surface area contributed by atoms with E-state index in [1.54, 1.807) is 33.2 Å². The molecule has 2 rings (SSSR count). The van der Waals surface area contributed by atoms with Crippen LogP contribution in [-0.4, -0.2) is 43.5 Å². The Hall–Kier alpha value is -2.54. The minimum Gasteiger partial charge on any atom is -0.497 e. The molecule has 6 nitrogen and oxygen atoms in total. The van der Waals surface area contributed by atoms with Crippen molar-refractivity contribution in [3.63, 3.8) is 0 Å². The van der Waals surface area contributed by atoms with Gasteiger partial charge in [-0.1, -0.05) is 28.1 Å². The number of hydrogen-bond acceptors (Lipinski definition) is 4. The molecule has 0 radical (unpaired) electrons. The SMILES string of the molecule is CNC(=O)C(C)N(Cc1ccc(OC)cc1)C(=O)COc1ccc(Br)cc1. The maximum atomic E-state index is 12.8. The third kappa shape index (κ3) is 5.99. The summed E-state index contributed by atoms with van der Waals surface area (Å²) in [4.78, 5) is 26.3. The van der Waals surface area contributed by atoms with Crippen LogP contribution in [0.1, 0.15) is 12.5 Å². The van der Waals surface area contributed by atoms with Crippen molar-refractivity contribution >= 4 is 27.7 Å². The van der Waals surface area contributed by atoms with Crippen LogP contribution in [-0.2, 0) is 16.1 Å². The molecule has 1 atom stereocenters. The van der Waals surface area contributed by atoms with Gasteiger partial charge in [-0.3, -0.25) is 9.59 Å². The molecule has 0 bridgehead atoms. The lowest BCUT2D eigenvalue weighted by atomic mass is 10.1. The molecule has 7 heteroatoms. The predicted molar refractivity (Wildman–Crippen MR) is 107 cm³/mol. The summed E-state index contributed by atoms with van der Waals surface area (Å²) in [5, 5.41) is 2.59. The molecular formula is C20H23BrN2O4. The van der Waals surface area contributed by atoms with E-state index in [4.69, 9.17) is 9.47 Å². The van der Waals surface area contributed by atoms with E-state index in [0.717, 1.165) is 15.8 Å². The number of nitrogens with zero attached hydrogens (tertiary/aromatic N) is 1. The van der Waals surface area contributed by atoms with Crippen LogP contribution >= 0.6 is 15.9 Å². The van der Waals surface area contributed by atoms with E-state index in [9.17, 15) is 9.59 Å². The molecule has 1 unspecified atom stereocenters. The number of carbonyl (C=O) groups is 2. The Kier molecular flexibility index (Phi) is 7.67. The molecule has 0 aromatic heterocycles. The summed E-state index contributed by atoms with van der Waals surface area (Å²) >= 11 is 3.35. The standard InChI is InChI=1S/C20H23BrN2O4/c1-14(20(25)22-2)23(12-15-4-8-17(26-3)9-5-15)19(24)13-27-18-10-6-16(21)7-11-18/h4-11,14H,12-13H2,1-3H3,(H,22,25). The number of benzene rings is 2. The van der Waals surface area contributed by atoms with Crippen molar-refractivity contribution in [2.45, 2.75) is 19.5 Å². The lowest BCUT2D eigenvalue weighted by molar-refractivity contribution is -0.142. The Morgan fingerprint density at radius 2 is 1.67 bits per heavy atom. The van der Waals surface area contributed by atoms with Crippen LogP contribution in [0.15, 0.2) is 53.0 Å². The highest BCUT2D eigenvalue weighted by atomic mass is 79.9. The van der Waals surface area contributed by atoms with E-state index in [-0.39, 0.29) is 18.4 Å². The highest BCUT2D eigenvalue weighted by molar-refractivity contribution is 9.10. The van der Waals surface area contributed by atoms with E-state index >= 15 is 0 Å². The minimum atomic E-state index is -0.627. The van der Waals surface area contributed by atoms with E-state index in [1.807, 2.05) is 36.4 Å². The highest BCUT2D eigenvalue weighted by Gasteiger charge is 2.25. The minimum absolute atomic E-state index is 0.154. The number of ether oxygens (including phenoxy) is 2. The second kappa shape index (κ2) is 9.97. The fourth-order valence-corrected chi connectivity index (χ4v) is 2.74. The first-order valence-electron chi connectivity index (χ1n) is 8.47. The van der Waals surface area contributed by atoms with E-state index in [1.165, 1.54) is 4.90 Å². The van der Waals surface area contributed by atoms with Crippen LogP contribution in [0.3, 0.4) is 0 Å². The number of rotatable bonds is 8. The average molecular weight is 435 g/mol. The molecule has 1 N–H and O–H groups in total. The summed E-state index contributed by atoms with van der Waals surface area (Å²) in [6, 6.07) is 14.0. The zero-order chi connectivity index (χ0) is 19.8. The van der Waals surface area contributed by atoms with Crippen molar-refractivity contribution in [3.8, 4) is 11.5 Å². The van der Waals surface area contributed by atoms with Crippen LogP contribution < -0.4 is 14.8 Å². The molecule has 27 heavy (non-hydrogen) atoms. The van der Waals surface area contributed by atoms with Crippen LogP contribution in [0.5, 0.6) is 11.5 Å². The van der Waals surface area contributed by atoms with Gasteiger partial charge in [-0.05, 0) is 48.9 Å². The Morgan fingerprint density at radius 3 is 2.22 bits per heavy atom. The second-order valence-electron chi connectivity index (χ2n) is 5.90. The summed E-state index contributed by atoms with van der Waals surface area (Å²) < 4.78 is 11.7. The lowest BCUT2D eigenvalue weighted by Crippen LogP contribution is -2.48. The van der Waals surface area contributed by atoms with Crippen molar-refractivity contribution in [3.05, 3.63) is 58.6 Å². The number of halogens is 1. The topological polar surface area (TPSA) is 67.9 Å². The molecule has 2 aromatic rings. The number of hydrogen-bond donors (Lipinski definition) is 1. The fraction of sp³-hybridized carbons (Fsp3) is 0.300. The molecule has 0 saturated heterocycles. The van der Waals surface area contributed by atoms with Gasteiger partial charge < -0.3 is 19.7 Å². The van der Waals surface area contributed by atoms with Crippen LogP contribution in [0, 0.1) is 0 Å². The van der Waals surface area contributed by atoms with Gasteiger partial charge in [-0.15, -0.1) is 0 Å². The molecule has 0 aliphatic carbocycles. The van der Waals surface area contributed by atoms with Gasteiger partial charge in [0.15, 0.2) is 6.61 Å². The first-order valence-corrected chi connectivity index (χ1v) is 9.26. The van der Waals surface area contributed by atoms with Crippen molar-refractivity contribution < 1.29 is 19.1 Å². The van der Waals surface area contributed by atoms with Gasteiger partial charge in [0.05, 0.1) is 7.11 Å². The van der Waals surface area contributed by atoms with Crippen LogP contribution in [0.2, 0.25) is 0 Å². The van der Waals surface area contributed by atoms with Crippen molar-refractivity contribution in [2.24, 2.45) is 0 Å². The fourth-order valence-electron chi connectivity index (χ4n) is 2.48. The average Bonchev–Trinajstić information content (AvgIpc) is 2.70. The summed E-state index contributed by atoms with van der Waals surface area (Å²) in [5.41, 5.74) is 0.892. The molecule has 0 spiro atoms. The van der Waals surface area contributed by atoms with Crippen LogP contribution in [0.4, 0.5) is 0 Å². The monoisotopic (exact) mass is 434 g/mol. The first kappa shape index (κ1) is 20.8. The largest absolute Gasteiger partial charge is 0.497 e. The number of amides is 2. The molecule has 0 saturated carbocycles. The van der Waals surface area contributed by atoms with Gasteiger partial charge >= 0.3 is 0 Å². The maximum Gasteiger partial charge on any atom is 0.261 e. The number of likely N-dealkylation sites (N-methyl/N-ethyl adjacent to an activating group) is 1. The molecular weight excluding hydrogens is 412 g/mol. The summed E-state index contributed by atoms with van der Waals surface area (Å²) in [5.74, 6) is 0.809. The van der Waals surface area contributed by atoms with Gasteiger partial charge in [0.2, 0.25) is 5.91 Å². The third-order valence-corrected chi connectivity index (χ3v) is 4.63. The quantitative estimate of drug-likeness (QED) is 0.693. The number of methoxy groups -OCH3 is 1. The summed E-state index contributed by atoms with van der Waals surface area (Å²) in [7, 11) is 3.14. The smallest absolute Gasteiger partial charge is 0.261 e. The molecule has 2 amide bonds. The normalized spacial score (nSPS) is 11.4. The molecule has 0 aliphatic rings. The van der Waals surface area contributed by atoms with Gasteiger partial charge in [-0.25, -0.2) is 0 Å². The highest BCUT2D eigenvalue weighted by Crippen LogP contribution is 2.18. The van der Waals surface area contributed by atoms with E-state index in [0.29, 0.717) is 12.3 Å². The summed E-state index contributed by atoms with van der Waals surface area (Å²) in [6.07, 6.45) is 0. The van der Waals surface area contributed by atoms with Crippen LogP contribution in [0.25, 0.3) is 0 Å². The maximum absolute atomic E-state index is 12.8. The van der Waals surface area contributed by atoms with Gasteiger partial charge in [0, 0.05) is 18.1 Å². The van der Waals surface area contributed by atoms with Gasteiger partial charge in [0.25, 0.3) is 5.91 Å². The Balaban J connectivity index is 2.10. The molecule has 0 aliphatic heterocycles. The molecule has 2 aromatic carbocycles. The van der Waals surface area contributed by atoms with E-state index < -0.39 is 6.04 Å². The van der Waals surface area contributed by atoms with Gasteiger partial charge in [-0.2, -0.15) is 0 Å². The van der Waals surface area contributed by atoms with Crippen molar-refractivity contribution in [1.29, 1.82) is 0 Å². The summed E-state index contributed by atoms with van der Waals surface area (Å²) in [6.45, 7) is 1.83. The zero-order valence-corrected chi connectivity index (χ0v) is 17.2.